The fourth-order valence-corrected chi connectivity index (χ4v) is 2.38. The fourth-order valence-electron chi connectivity index (χ4n) is 2.38. The molecule has 2 rings (SSSR count). The average Bonchev–Trinajstić information content (AvgIpc) is 2.31. The Labute approximate surface area is 108 Å². The van der Waals surface area contributed by atoms with Gasteiger partial charge in [0.2, 0.25) is 0 Å². The van der Waals surface area contributed by atoms with Gasteiger partial charge in [-0.15, -0.1) is 0 Å². The van der Waals surface area contributed by atoms with Crippen molar-refractivity contribution in [3.63, 3.8) is 0 Å². The van der Waals surface area contributed by atoms with Crippen LogP contribution in [0.3, 0.4) is 0 Å². The van der Waals surface area contributed by atoms with Crippen LogP contribution in [-0.2, 0) is 5.60 Å². The van der Waals surface area contributed by atoms with Gasteiger partial charge < -0.3 is 5.11 Å². The molecule has 1 saturated heterocycles. The monoisotopic (exact) mass is 277 g/mol. The van der Waals surface area contributed by atoms with E-state index in [0.29, 0.717) is 5.56 Å². The molecule has 6 heteroatoms. The van der Waals surface area contributed by atoms with Crippen molar-refractivity contribution in [1.29, 1.82) is 0 Å². The summed E-state index contributed by atoms with van der Waals surface area (Å²) in [5, 5.41) is 10.4. The van der Waals surface area contributed by atoms with Crippen molar-refractivity contribution in [2.75, 3.05) is 19.6 Å². The van der Waals surface area contributed by atoms with Crippen molar-refractivity contribution < 1.29 is 22.7 Å². The minimum atomic E-state index is -4.22. The molecule has 1 heterocycles. The van der Waals surface area contributed by atoms with Gasteiger partial charge in [-0.1, -0.05) is 12.1 Å². The molecule has 0 saturated carbocycles. The molecule has 0 atom stereocenters. The number of aliphatic hydroxyl groups is 1. The van der Waals surface area contributed by atoms with E-state index in [9.17, 15) is 22.7 Å². The highest BCUT2D eigenvalue weighted by Crippen LogP contribution is 2.33. The molecule has 0 radical (unpaired) electrons. The van der Waals surface area contributed by atoms with Gasteiger partial charge in [-0.3, -0.25) is 4.90 Å². The lowest BCUT2D eigenvalue weighted by Crippen LogP contribution is -2.45. The quantitative estimate of drug-likeness (QED) is 0.840. The number of hydrogen-bond acceptors (Lipinski definition) is 2. The van der Waals surface area contributed by atoms with Crippen LogP contribution in [0, 0.1) is 5.82 Å². The van der Waals surface area contributed by atoms with Crippen molar-refractivity contribution in [2.24, 2.45) is 0 Å². The van der Waals surface area contributed by atoms with E-state index >= 15 is 0 Å². The van der Waals surface area contributed by atoms with Crippen LogP contribution in [-0.4, -0.2) is 35.8 Å². The first-order chi connectivity index (χ1) is 8.78. The van der Waals surface area contributed by atoms with Gasteiger partial charge in [0.15, 0.2) is 0 Å². The van der Waals surface area contributed by atoms with Crippen LogP contribution >= 0.6 is 0 Å². The molecule has 1 N–H and O–H groups in total. The first kappa shape index (κ1) is 14.3. The molecule has 1 aliphatic rings. The lowest BCUT2D eigenvalue weighted by molar-refractivity contribution is -0.154. The maximum Gasteiger partial charge on any atom is 0.401 e. The van der Waals surface area contributed by atoms with E-state index in [-0.39, 0.29) is 25.9 Å². The van der Waals surface area contributed by atoms with Gasteiger partial charge in [-0.25, -0.2) is 4.39 Å². The number of likely N-dealkylation sites (tertiary alicyclic amines) is 1. The highest BCUT2D eigenvalue weighted by Gasteiger charge is 2.38. The summed E-state index contributed by atoms with van der Waals surface area (Å²) in [7, 11) is 0. The van der Waals surface area contributed by atoms with Crippen LogP contribution in [0.15, 0.2) is 24.3 Å². The third kappa shape index (κ3) is 3.67. The molecule has 1 fully saturated rings. The third-order valence-corrected chi connectivity index (χ3v) is 3.47. The summed E-state index contributed by atoms with van der Waals surface area (Å²) in [5.74, 6) is -0.401. The molecule has 0 aromatic heterocycles. The number of rotatable bonds is 2. The molecular formula is C13H15F4NO. The number of piperidine rings is 1. The second-order valence-corrected chi connectivity index (χ2v) is 4.93. The number of halogens is 4. The molecule has 1 aromatic rings. The number of hydrogen-bond donors (Lipinski definition) is 1. The lowest BCUT2D eigenvalue weighted by atomic mass is 9.84. The van der Waals surface area contributed by atoms with Crippen LogP contribution in [0.5, 0.6) is 0 Å². The molecular weight excluding hydrogens is 262 g/mol. The van der Waals surface area contributed by atoms with E-state index < -0.39 is 24.1 Å². The Bertz CT molecular complexity index is 421. The van der Waals surface area contributed by atoms with E-state index in [4.69, 9.17) is 0 Å². The molecule has 0 bridgehead atoms. The maximum atomic E-state index is 12.8. The van der Waals surface area contributed by atoms with Crippen LogP contribution in [0.1, 0.15) is 18.4 Å². The van der Waals surface area contributed by atoms with Crippen LogP contribution < -0.4 is 0 Å². The van der Waals surface area contributed by atoms with E-state index in [1.807, 2.05) is 0 Å². The van der Waals surface area contributed by atoms with Crippen molar-refractivity contribution in [1.82, 2.24) is 4.90 Å². The van der Waals surface area contributed by atoms with Gasteiger partial charge in [-0.2, -0.15) is 13.2 Å². The molecule has 0 aliphatic carbocycles. The normalized spacial score (nSPS) is 20.5. The Balaban J connectivity index is 2.00. The van der Waals surface area contributed by atoms with E-state index in [2.05, 4.69) is 0 Å². The Morgan fingerprint density at radius 1 is 1.11 bits per heavy atom. The minimum Gasteiger partial charge on any atom is -0.385 e. The van der Waals surface area contributed by atoms with Crippen LogP contribution in [0.25, 0.3) is 0 Å². The molecule has 1 aromatic carbocycles. The predicted molar refractivity (Wildman–Crippen MR) is 62.0 cm³/mol. The summed E-state index contributed by atoms with van der Waals surface area (Å²) >= 11 is 0. The fraction of sp³-hybridized carbons (Fsp3) is 0.538. The zero-order chi connectivity index (χ0) is 14.1. The Hall–Kier alpha value is -1.14. The van der Waals surface area contributed by atoms with Crippen molar-refractivity contribution in [3.8, 4) is 0 Å². The standard InChI is InChI=1S/C13H15F4NO/c14-11-3-1-10(2-4-11)12(19)5-7-18(8-6-12)9-13(15,16)17/h1-4,19H,5-9H2. The second kappa shape index (κ2) is 5.09. The second-order valence-electron chi connectivity index (χ2n) is 4.93. The predicted octanol–water partition coefficient (Wildman–Crippen LogP) is 2.67. The van der Waals surface area contributed by atoms with Crippen molar-refractivity contribution in [3.05, 3.63) is 35.6 Å². The SMILES string of the molecule is OC1(c2ccc(F)cc2)CCN(CC(F)(F)F)CC1. The van der Waals surface area contributed by atoms with Gasteiger partial charge in [0.25, 0.3) is 0 Å². The Morgan fingerprint density at radius 3 is 2.11 bits per heavy atom. The van der Waals surface area contributed by atoms with Crippen LogP contribution in [0.2, 0.25) is 0 Å². The molecule has 0 amide bonds. The van der Waals surface area contributed by atoms with Gasteiger partial charge in [0.1, 0.15) is 5.82 Å². The smallest absolute Gasteiger partial charge is 0.385 e. The number of nitrogens with zero attached hydrogens (tertiary/aromatic N) is 1. The topological polar surface area (TPSA) is 23.5 Å². The summed E-state index contributed by atoms with van der Waals surface area (Å²) in [4.78, 5) is 1.28. The molecule has 0 spiro atoms. The Morgan fingerprint density at radius 2 is 1.63 bits per heavy atom. The van der Waals surface area contributed by atoms with Gasteiger partial charge in [-0.05, 0) is 30.5 Å². The van der Waals surface area contributed by atoms with Gasteiger partial charge in [0, 0.05) is 13.1 Å². The largest absolute Gasteiger partial charge is 0.401 e. The molecule has 19 heavy (non-hydrogen) atoms. The summed E-state index contributed by atoms with van der Waals surface area (Å²) in [5.41, 5.74) is -0.601. The zero-order valence-corrected chi connectivity index (χ0v) is 10.3. The number of alkyl halides is 3. The summed E-state index contributed by atoms with van der Waals surface area (Å²) < 4.78 is 49.6. The van der Waals surface area contributed by atoms with E-state index in [1.165, 1.54) is 29.2 Å². The first-order valence-corrected chi connectivity index (χ1v) is 6.06. The zero-order valence-electron chi connectivity index (χ0n) is 10.3. The average molecular weight is 277 g/mol. The maximum absolute atomic E-state index is 12.8. The summed E-state index contributed by atoms with van der Waals surface area (Å²) in [6.45, 7) is -0.604. The van der Waals surface area contributed by atoms with Gasteiger partial charge in [0.05, 0.1) is 12.1 Å². The van der Waals surface area contributed by atoms with Crippen LogP contribution in [0.4, 0.5) is 17.6 Å². The third-order valence-electron chi connectivity index (χ3n) is 3.47. The highest BCUT2D eigenvalue weighted by molar-refractivity contribution is 5.23. The molecule has 2 nitrogen and oxygen atoms in total. The van der Waals surface area contributed by atoms with Gasteiger partial charge >= 0.3 is 6.18 Å². The highest BCUT2D eigenvalue weighted by atomic mass is 19.4. The summed E-state index contributed by atoms with van der Waals surface area (Å²) in [6.07, 6.45) is -3.78. The van der Waals surface area contributed by atoms with Crippen molar-refractivity contribution >= 4 is 0 Å². The lowest BCUT2D eigenvalue weighted by Gasteiger charge is -2.38. The molecule has 0 unspecified atom stereocenters. The Kier molecular flexibility index (Phi) is 3.82. The summed E-state index contributed by atoms with van der Waals surface area (Å²) in [6, 6.07) is 5.45. The van der Waals surface area contributed by atoms with E-state index in [0.717, 1.165) is 0 Å². The molecule has 1 aliphatic heterocycles. The molecule has 106 valence electrons. The van der Waals surface area contributed by atoms with E-state index in [1.54, 1.807) is 0 Å². The number of benzene rings is 1. The van der Waals surface area contributed by atoms with Crippen molar-refractivity contribution in [2.45, 2.75) is 24.6 Å². The minimum absolute atomic E-state index is 0.174. The first-order valence-electron chi connectivity index (χ1n) is 6.06.